The third-order valence-corrected chi connectivity index (χ3v) is 2.22. The summed E-state index contributed by atoms with van der Waals surface area (Å²) in [4.78, 5) is 4.00. The first-order valence-electron chi connectivity index (χ1n) is 4.11. The highest BCUT2D eigenvalue weighted by Gasteiger charge is 2.08. The average molecular weight is 281 g/mol. The van der Waals surface area contributed by atoms with E-state index in [1.54, 1.807) is 19.2 Å². The van der Waals surface area contributed by atoms with Crippen LogP contribution in [0.25, 0.3) is 0 Å². The second-order valence-corrected chi connectivity index (χ2v) is 3.98. The number of hydrogen-bond donors (Lipinski definition) is 0. The van der Waals surface area contributed by atoms with Gasteiger partial charge in [0.25, 0.3) is 0 Å². The molecule has 0 fully saturated rings. The number of rotatable bonds is 4. The summed E-state index contributed by atoms with van der Waals surface area (Å²) >= 11 is 9.08. The van der Waals surface area contributed by atoms with Crippen LogP contribution >= 0.6 is 27.5 Å². The number of nitrogens with zero attached hydrogens (tertiary/aromatic N) is 1. The van der Waals surface area contributed by atoms with Crippen LogP contribution in [0, 0.1) is 0 Å². The van der Waals surface area contributed by atoms with E-state index >= 15 is 0 Å². The van der Waals surface area contributed by atoms with Gasteiger partial charge in [0.2, 0.25) is 0 Å². The van der Waals surface area contributed by atoms with E-state index in [1.165, 1.54) is 0 Å². The number of aromatic nitrogens is 1. The summed E-state index contributed by atoms with van der Waals surface area (Å²) in [5, 5.41) is 0.349. The lowest BCUT2D eigenvalue weighted by Crippen LogP contribution is -2.18. The molecular weight excluding hydrogens is 269 g/mol. The Kier molecular flexibility index (Phi) is 4.65. The minimum atomic E-state index is -0.0412. The molecule has 0 aliphatic carbocycles. The van der Waals surface area contributed by atoms with E-state index in [1.807, 2.05) is 6.92 Å². The Balaban J connectivity index is 2.67. The lowest BCUT2D eigenvalue weighted by molar-refractivity contribution is 0.0919. The van der Waals surface area contributed by atoms with Crippen LogP contribution in [0.15, 0.2) is 16.7 Å². The van der Waals surface area contributed by atoms with E-state index in [2.05, 4.69) is 20.9 Å². The molecule has 78 valence electrons. The molecule has 0 radical (unpaired) electrons. The van der Waals surface area contributed by atoms with E-state index in [4.69, 9.17) is 21.1 Å². The lowest BCUT2D eigenvalue weighted by Gasteiger charge is -2.14. The first kappa shape index (κ1) is 11.8. The SMILES string of the molecule is COCC(C)Oc1ccc(Br)nc1Cl. The number of methoxy groups -OCH3 is 1. The maximum Gasteiger partial charge on any atom is 0.172 e. The Bertz CT molecular complexity index is 309. The standard InChI is InChI=1S/C9H11BrClNO2/c1-6(5-13-2)14-7-3-4-8(10)12-9(7)11/h3-4,6H,5H2,1-2H3. The van der Waals surface area contributed by atoms with Gasteiger partial charge in [-0.3, -0.25) is 0 Å². The minimum Gasteiger partial charge on any atom is -0.485 e. The monoisotopic (exact) mass is 279 g/mol. The summed E-state index contributed by atoms with van der Waals surface area (Å²) in [5.74, 6) is 0.569. The number of ether oxygens (including phenoxy) is 2. The Morgan fingerprint density at radius 3 is 2.86 bits per heavy atom. The van der Waals surface area contributed by atoms with Gasteiger partial charge < -0.3 is 9.47 Å². The molecule has 0 amide bonds. The molecule has 0 aliphatic rings. The van der Waals surface area contributed by atoms with Crippen LogP contribution in [-0.2, 0) is 4.74 Å². The van der Waals surface area contributed by atoms with Crippen LogP contribution < -0.4 is 4.74 Å². The maximum absolute atomic E-state index is 5.87. The fraction of sp³-hybridized carbons (Fsp3) is 0.444. The maximum atomic E-state index is 5.87. The summed E-state index contributed by atoms with van der Waals surface area (Å²) in [6.07, 6.45) is -0.0412. The van der Waals surface area contributed by atoms with Crippen LogP contribution in [0.3, 0.4) is 0 Å². The van der Waals surface area contributed by atoms with Crippen molar-refractivity contribution in [2.45, 2.75) is 13.0 Å². The average Bonchev–Trinajstić information content (AvgIpc) is 2.10. The van der Waals surface area contributed by atoms with Gasteiger partial charge in [-0.2, -0.15) is 0 Å². The molecule has 1 rings (SSSR count). The number of pyridine rings is 1. The molecule has 0 saturated heterocycles. The van der Waals surface area contributed by atoms with Crippen molar-refractivity contribution in [3.05, 3.63) is 21.9 Å². The van der Waals surface area contributed by atoms with Gasteiger partial charge in [-0.1, -0.05) is 11.6 Å². The van der Waals surface area contributed by atoms with E-state index in [0.717, 1.165) is 0 Å². The molecule has 1 heterocycles. The molecule has 3 nitrogen and oxygen atoms in total. The minimum absolute atomic E-state index is 0.0412. The lowest BCUT2D eigenvalue weighted by atomic mass is 10.4. The molecule has 0 aromatic carbocycles. The molecule has 1 atom stereocenters. The Hall–Kier alpha value is -0.320. The van der Waals surface area contributed by atoms with E-state index in [-0.39, 0.29) is 6.10 Å². The second kappa shape index (κ2) is 5.53. The Morgan fingerprint density at radius 2 is 2.29 bits per heavy atom. The third-order valence-electron chi connectivity index (χ3n) is 1.51. The molecule has 14 heavy (non-hydrogen) atoms. The second-order valence-electron chi connectivity index (χ2n) is 2.81. The van der Waals surface area contributed by atoms with Crippen LogP contribution in [0.5, 0.6) is 5.75 Å². The predicted octanol–water partition coefficient (Wildman–Crippen LogP) is 2.91. The quantitative estimate of drug-likeness (QED) is 0.795. The van der Waals surface area contributed by atoms with Crippen molar-refractivity contribution < 1.29 is 9.47 Å². The zero-order valence-electron chi connectivity index (χ0n) is 7.96. The smallest absolute Gasteiger partial charge is 0.172 e. The first-order chi connectivity index (χ1) is 6.63. The van der Waals surface area contributed by atoms with Gasteiger partial charge in [-0.15, -0.1) is 0 Å². The third kappa shape index (κ3) is 3.44. The van der Waals surface area contributed by atoms with Crippen molar-refractivity contribution in [1.29, 1.82) is 0 Å². The predicted molar refractivity (Wildman–Crippen MR) is 58.9 cm³/mol. The summed E-state index contributed by atoms with van der Waals surface area (Å²) in [6.45, 7) is 2.42. The summed E-state index contributed by atoms with van der Waals surface area (Å²) < 4.78 is 11.1. The van der Waals surface area contributed by atoms with Crippen LogP contribution in [0.1, 0.15) is 6.92 Å². The first-order valence-corrected chi connectivity index (χ1v) is 5.28. The molecule has 1 aromatic heterocycles. The highest BCUT2D eigenvalue weighted by molar-refractivity contribution is 9.10. The van der Waals surface area contributed by atoms with E-state index < -0.39 is 0 Å². The summed E-state index contributed by atoms with van der Waals surface area (Å²) in [7, 11) is 1.63. The topological polar surface area (TPSA) is 31.4 Å². The van der Waals surface area contributed by atoms with Crippen molar-refractivity contribution in [2.24, 2.45) is 0 Å². The molecule has 0 N–H and O–H groups in total. The highest BCUT2D eigenvalue weighted by atomic mass is 79.9. The van der Waals surface area contributed by atoms with Crippen molar-refractivity contribution >= 4 is 27.5 Å². The largest absolute Gasteiger partial charge is 0.485 e. The molecule has 0 aliphatic heterocycles. The van der Waals surface area contributed by atoms with Gasteiger partial charge in [0, 0.05) is 7.11 Å². The zero-order chi connectivity index (χ0) is 10.6. The Morgan fingerprint density at radius 1 is 1.57 bits per heavy atom. The molecule has 1 aromatic rings. The van der Waals surface area contributed by atoms with E-state index in [9.17, 15) is 0 Å². The van der Waals surface area contributed by atoms with Gasteiger partial charge in [-0.05, 0) is 35.0 Å². The molecular formula is C9H11BrClNO2. The van der Waals surface area contributed by atoms with Gasteiger partial charge >= 0.3 is 0 Å². The number of halogens is 2. The highest BCUT2D eigenvalue weighted by Crippen LogP contribution is 2.24. The van der Waals surface area contributed by atoms with Gasteiger partial charge in [0.15, 0.2) is 10.9 Å². The fourth-order valence-corrected chi connectivity index (χ4v) is 1.58. The van der Waals surface area contributed by atoms with Crippen molar-refractivity contribution in [3.63, 3.8) is 0 Å². The molecule has 1 unspecified atom stereocenters. The van der Waals surface area contributed by atoms with Crippen molar-refractivity contribution in [3.8, 4) is 5.75 Å². The molecule has 5 heteroatoms. The van der Waals surface area contributed by atoms with Crippen LogP contribution in [0.4, 0.5) is 0 Å². The van der Waals surface area contributed by atoms with Crippen molar-refractivity contribution in [1.82, 2.24) is 4.98 Å². The number of hydrogen-bond acceptors (Lipinski definition) is 3. The normalized spacial score (nSPS) is 12.6. The van der Waals surface area contributed by atoms with Crippen LogP contribution in [-0.4, -0.2) is 24.8 Å². The van der Waals surface area contributed by atoms with Gasteiger partial charge in [-0.25, -0.2) is 4.98 Å². The van der Waals surface area contributed by atoms with E-state index in [0.29, 0.717) is 22.1 Å². The zero-order valence-corrected chi connectivity index (χ0v) is 10.3. The van der Waals surface area contributed by atoms with Gasteiger partial charge in [0.05, 0.1) is 6.61 Å². The van der Waals surface area contributed by atoms with Crippen LogP contribution in [0.2, 0.25) is 5.15 Å². The fourth-order valence-electron chi connectivity index (χ4n) is 0.973. The molecule has 0 saturated carbocycles. The summed E-state index contributed by atoms with van der Waals surface area (Å²) in [6, 6.07) is 3.55. The van der Waals surface area contributed by atoms with Crippen molar-refractivity contribution in [2.75, 3.05) is 13.7 Å². The molecule has 0 spiro atoms. The Labute approximate surface area is 96.5 Å². The molecule has 0 bridgehead atoms. The van der Waals surface area contributed by atoms with Gasteiger partial charge in [0.1, 0.15) is 10.7 Å². The summed E-state index contributed by atoms with van der Waals surface area (Å²) in [5.41, 5.74) is 0.